The van der Waals surface area contributed by atoms with E-state index in [4.69, 9.17) is 5.73 Å². The van der Waals surface area contributed by atoms with Gasteiger partial charge in [0, 0.05) is 32.2 Å². The first kappa shape index (κ1) is 15.9. The second-order valence-corrected chi connectivity index (χ2v) is 5.25. The number of benzene rings is 1. The van der Waals surface area contributed by atoms with E-state index in [1.54, 1.807) is 4.90 Å². The number of nitrogens with zero attached hydrogens (tertiary/aromatic N) is 2. The number of amides is 1. The van der Waals surface area contributed by atoms with Crippen molar-refractivity contribution in [3.63, 3.8) is 0 Å². The van der Waals surface area contributed by atoms with Gasteiger partial charge in [-0.25, -0.2) is 8.78 Å². The Hall–Kier alpha value is -1.53. The van der Waals surface area contributed by atoms with E-state index in [1.807, 2.05) is 0 Å². The summed E-state index contributed by atoms with van der Waals surface area (Å²) in [5.41, 5.74) is 5.40. The molecule has 1 heterocycles. The summed E-state index contributed by atoms with van der Waals surface area (Å²) in [5.74, 6) is -1.84. The van der Waals surface area contributed by atoms with Crippen LogP contribution in [0.2, 0.25) is 0 Å². The molecule has 1 amide bonds. The Kier molecular flexibility index (Phi) is 5.64. The molecule has 21 heavy (non-hydrogen) atoms. The summed E-state index contributed by atoms with van der Waals surface area (Å²) in [6.07, 6.45) is 2.05. The second kappa shape index (κ2) is 7.47. The molecule has 0 radical (unpaired) electrons. The summed E-state index contributed by atoms with van der Waals surface area (Å²) in [4.78, 5) is 16.1. The van der Waals surface area contributed by atoms with Crippen LogP contribution in [0.25, 0.3) is 0 Å². The third-order valence-electron chi connectivity index (χ3n) is 3.75. The Morgan fingerprint density at radius 3 is 2.48 bits per heavy atom. The minimum Gasteiger partial charge on any atom is -0.336 e. The lowest BCUT2D eigenvalue weighted by molar-refractivity contribution is 0.0631. The molecule has 1 aromatic carbocycles. The van der Waals surface area contributed by atoms with Crippen LogP contribution in [-0.2, 0) is 0 Å². The number of carbonyl (C=O) groups is 1. The number of hydrogen-bond acceptors (Lipinski definition) is 3. The summed E-state index contributed by atoms with van der Waals surface area (Å²) in [6.45, 7) is 4.36. The maximum absolute atomic E-state index is 13.6. The number of halogens is 2. The number of piperazine rings is 1. The van der Waals surface area contributed by atoms with Gasteiger partial charge in [-0.1, -0.05) is 0 Å². The largest absolute Gasteiger partial charge is 0.336 e. The minimum absolute atomic E-state index is 0.0621. The van der Waals surface area contributed by atoms with Gasteiger partial charge in [0.05, 0.1) is 5.56 Å². The van der Waals surface area contributed by atoms with Gasteiger partial charge in [0.2, 0.25) is 0 Å². The summed E-state index contributed by atoms with van der Waals surface area (Å²) in [5, 5.41) is 0. The zero-order valence-corrected chi connectivity index (χ0v) is 12.0. The zero-order valence-electron chi connectivity index (χ0n) is 12.0. The van der Waals surface area contributed by atoms with E-state index < -0.39 is 11.6 Å². The van der Waals surface area contributed by atoms with E-state index >= 15 is 0 Å². The molecule has 1 aromatic rings. The van der Waals surface area contributed by atoms with E-state index in [1.165, 1.54) is 6.07 Å². The molecule has 2 N–H and O–H groups in total. The number of carbonyl (C=O) groups excluding carboxylic acids is 1. The highest BCUT2D eigenvalue weighted by Gasteiger charge is 2.23. The molecule has 116 valence electrons. The van der Waals surface area contributed by atoms with E-state index in [2.05, 4.69) is 4.90 Å². The van der Waals surface area contributed by atoms with Gasteiger partial charge in [-0.2, -0.15) is 0 Å². The maximum Gasteiger partial charge on any atom is 0.256 e. The summed E-state index contributed by atoms with van der Waals surface area (Å²) >= 11 is 0. The maximum atomic E-state index is 13.6. The zero-order chi connectivity index (χ0) is 15.2. The van der Waals surface area contributed by atoms with Crippen molar-refractivity contribution in [3.8, 4) is 0 Å². The molecule has 1 saturated heterocycles. The fourth-order valence-electron chi connectivity index (χ4n) is 2.49. The lowest BCUT2D eigenvalue weighted by Gasteiger charge is -2.34. The van der Waals surface area contributed by atoms with Gasteiger partial charge in [0.1, 0.15) is 11.6 Å². The summed E-state index contributed by atoms with van der Waals surface area (Å²) < 4.78 is 26.5. The van der Waals surface area contributed by atoms with Crippen molar-refractivity contribution in [1.82, 2.24) is 9.80 Å². The lowest BCUT2D eigenvalue weighted by Crippen LogP contribution is -2.49. The molecule has 0 unspecified atom stereocenters. The van der Waals surface area contributed by atoms with Gasteiger partial charge < -0.3 is 10.6 Å². The predicted octanol–water partition coefficient (Wildman–Crippen LogP) is 1.46. The summed E-state index contributed by atoms with van der Waals surface area (Å²) in [6, 6.07) is 3.07. The minimum atomic E-state index is -0.801. The van der Waals surface area contributed by atoms with Crippen LogP contribution < -0.4 is 5.73 Å². The van der Waals surface area contributed by atoms with Gasteiger partial charge in [0.15, 0.2) is 0 Å². The molecule has 0 aromatic heterocycles. The van der Waals surface area contributed by atoms with Gasteiger partial charge in [-0.15, -0.1) is 0 Å². The Balaban J connectivity index is 1.88. The number of hydrogen-bond donors (Lipinski definition) is 1. The van der Waals surface area contributed by atoms with E-state index in [0.717, 1.165) is 44.6 Å². The smallest absolute Gasteiger partial charge is 0.256 e. The first-order valence-electron chi connectivity index (χ1n) is 7.28. The lowest BCUT2D eigenvalue weighted by atomic mass is 10.1. The SMILES string of the molecule is NCCCCN1CCN(C(=O)c2ccc(F)cc2F)CC1. The quantitative estimate of drug-likeness (QED) is 0.837. The van der Waals surface area contributed by atoms with Crippen LogP contribution in [0.3, 0.4) is 0 Å². The Morgan fingerprint density at radius 2 is 1.86 bits per heavy atom. The molecule has 2 rings (SSSR count). The first-order valence-corrected chi connectivity index (χ1v) is 7.28. The Morgan fingerprint density at radius 1 is 1.14 bits per heavy atom. The Bertz CT molecular complexity index is 488. The van der Waals surface area contributed by atoms with Crippen molar-refractivity contribution in [2.24, 2.45) is 5.73 Å². The van der Waals surface area contributed by atoms with Crippen molar-refractivity contribution in [2.75, 3.05) is 39.3 Å². The molecule has 4 nitrogen and oxygen atoms in total. The van der Waals surface area contributed by atoms with Crippen molar-refractivity contribution >= 4 is 5.91 Å². The van der Waals surface area contributed by atoms with Crippen LogP contribution in [0, 0.1) is 11.6 Å². The van der Waals surface area contributed by atoms with Crippen LogP contribution >= 0.6 is 0 Å². The number of rotatable bonds is 5. The molecule has 1 fully saturated rings. The van der Waals surface area contributed by atoms with Crippen LogP contribution in [-0.4, -0.2) is 55.0 Å². The molecule has 0 atom stereocenters. The fourth-order valence-corrected chi connectivity index (χ4v) is 2.49. The fraction of sp³-hybridized carbons (Fsp3) is 0.533. The molecular weight excluding hydrogens is 276 g/mol. The molecule has 6 heteroatoms. The normalized spacial score (nSPS) is 16.2. The molecule has 1 aliphatic rings. The topological polar surface area (TPSA) is 49.6 Å². The van der Waals surface area contributed by atoms with E-state index in [9.17, 15) is 13.6 Å². The first-order chi connectivity index (χ1) is 10.1. The summed E-state index contributed by atoms with van der Waals surface area (Å²) in [7, 11) is 0. The van der Waals surface area contributed by atoms with E-state index in [0.29, 0.717) is 19.6 Å². The third kappa shape index (κ3) is 4.22. The molecule has 1 aliphatic heterocycles. The van der Waals surface area contributed by atoms with Crippen LogP contribution in [0.4, 0.5) is 8.78 Å². The number of nitrogens with two attached hydrogens (primary N) is 1. The monoisotopic (exact) mass is 297 g/mol. The van der Waals surface area contributed by atoms with Crippen molar-refractivity contribution in [2.45, 2.75) is 12.8 Å². The third-order valence-corrected chi connectivity index (χ3v) is 3.75. The highest BCUT2D eigenvalue weighted by Crippen LogP contribution is 2.14. The van der Waals surface area contributed by atoms with Gasteiger partial charge in [-0.3, -0.25) is 9.69 Å². The molecular formula is C15H21F2N3O. The highest BCUT2D eigenvalue weighted by atomic mass is 19.1. The molecule has 0 spiro atoms. The van der Waals surface area contributed by atoms with Crippen molar-refractivity contribution in [3.05, 3.63) is 35.4 Å². The highest BCUT2D eigenvalue weighted by molar-refractivity contribution is 5.94. The second-order valence-electron chi connectivity index (χ2n) is 5.25. The van der Waals surface area contributed by atoms with Crippen LogP contribution in [0.15, 0.2) is 18.2 Å². The number of unbranched alkanes of at least 4 members (excludes halogenated alkanes) is 1. The van der Waals surface area contributed by atoms with Crippen LogP contribution in [0.5, 0.6) is 0 Å². The molecule has 0 aliphatic carbocycles. The average molecular weight is 297 g/mol. The van der Waals surface area contributed by atoms with Gasteiger partial charge >= 0.3 is 0 Å². The van der Waals surface area contributed by atoms with Crippen molar-refractivity contribution < 1.29 is 13.6 Å². The molecule has 0 bridgehead atoms. The van der Waals surface area contributed by atoms with Crippen molar-refractivity contribution in [1.29, 1.82) is 0 Å². The van der Waals surface area contributed by atoms with Gasteiger partial charge in [-0.05, 0) is 38.1 Å². The van der Waals surface area contributed by atoms with Gasteiger partial charge in [0.25, 0.3) is 5.91 Å². The average Bonchev–Trinajstić information content (AvgIpc) is 2.48. The molecule has 0 saturated carbocycles. The predicted molar refractivity (Wildman–Crippen MR) is 77.0 cm³/mol. The van der Waals surface area contributed by atoms with E-state index in [-0.39, 0.29) is 11.5 Å². The van der Waals surface area contributed by atoms with Crippen LogP contribution in [0.1, 0.15) is 23.2 Å². The standard InChI is InChI=1S/C15H21F2N3O/c16-12-3-4-13(14(17)11-12)15(21)20-9-7-19(8-10-20)6-2-1-5-18/h3-4,11H,1-2,5-10,18H2. The Labute approximate surface area is 123 Å².